The third kappa shape index (κ3) is 3.16. The first-order valence-electron chi connectivity index (χ1n) is 8.27. The van der Waals surface area contributed by atoms with Crippen LogP contribution in [0.1, 0.15) is 25.3 Å². The molecule has 25 heavy (non-hydrogen) atoms. The lowest BCUT2D eigenvalue weighted by Gasteiger charge is -2.40. The molecule has 6 nitrogen and oxygen atoms in total. The average Bonchev–Trinajstić information content (AvgIpc) is 3.19. The molecule has 1 aliphatic carbocycles. The van der Waals surface area contributed by atoms with Gasteiger partial charge in [-0.25, -0.2) is 4.98 Å². The Labute approximate surface area is 151 Å². The van der Waals surface area contributed by atoms with E-state index in [1.54, 1.807) is 17.9 Å². The maximum atomic E-state index is 12.5. The van der Waals surface area contributed by atoms with Crippen LogP contribution in [0.25, 0.3) is 0 Å². The lowest BCUT2D eigenvalue weighted by Crippen LogP contribution is -2.54. The van der Waals surface area contributed by atoms with E-state index in [0.717, 1.165) is 12.0 Å². The second-order valence-electron chi connectivity index (χ2n) is 6.91. The predicted octanol–water partition coefficient (Wildman–Crippen LogP) is 2.49. The monoisotopic (exact) mass is 363 g/mol. The van der Waals surface area contributed by atoms with Gasteiger partial charge in [0.15, 0.2) is 0 Å². The molecular weight excluding hydrogens is 342 g/mol. The highest BCUT2D eigenvalue weighted by Gasteiger charge is 2.61. The molecular formula is C18H22ClN3O3. The quantitative estimate of drug-likeness (QED) is 0.826. The van der Waals surface area contributed by atoms with Gasteiger partial charge in [-0.05, 0) is 49.8 Å². The highest BCUT2D eigenvalue weighted by molar-refractivity contribution is 6.30. The lowest BCUT2D eigenvalue weighted by molar-refractivity contribution is -0.173. The SMILES string of the molecule is COC(=O)[C@@]1(C)CC[C@@H](Cc2ccc(Cl)cc2)[C@@]1(O)Cn1cncn1. The maximum Gasteiger partial charge on any atom is 0.314 e. The summed E-state index contributed by atoms with van der Waals surface area (Å²) in [5.74, 6) is -0.504. The number of esters is 1. The Kier molecular flexibility index (Phi) is 4.84. The minimum absolute atomic E-state index is 0.109. The van der Waals surface area contributed by atoms with Gasteiger partial charge >= 0.3 is 5.97 Å². The van der Waals surface area contributed by atoms with Crippen molar-refractivity contribution < 1.29 is 14.6 Å². The first-order chi connectivity index (χ1) is 11.9. The van der Waals surface area contributed by atoms with Gasteiger partial charge in [0, 0.05) is 5.02 Å². The summed E-state index contributed by atoms with van der Waals surface area (Å²) in [6.07, 6.45) is 4.90. The molecule has 0 unspecified atom stereocenters. The Morgan fingerprint density at radius 1 is 1.44 bits per heavy atom. The molecule has 1 aromatic carbocycles. The van der Waals surface area contributed by atoms with Gasteiger partial charge in [0.2, 0.25) is 0 Å². The number of nitrogens with zero attached hydrogens (tertiary/aromatic N) is 3. The Morgan fingerprint density at radius 2 is 2.16 bits per heavy atom. The van der Waals surface area contributed by atoms with Crippen molar-refractivity contribution in [2.45, 2.75) is 38.3 Å². The van der Waals surface area contributed by atoms with Gasteiger partial charge in [0.1, 0.15) is 18.3 Å². The first kappa shape index (κ1) is 17.9. The Balaban J connectivity index is 1.93. The van der Waals surface area contributed by atoms with Crippen molar-refractivity contribution in [2.75, 3.05) is 7.11 Å². The van der Waals surface area contributed by atoms with Gasteiger partial charge in [0.25, 0.3) is 0 Å². The molecule has 134 valence electrons. The number of benzene rings is 1. The van der Waals surface area contributed by atoms with Crippen LogP contribution in [0, 0.1) is 11.3 Å². The van der Waals surface area contributed by atoms with Crippen molar-refractivity contribution in [2.24, 2.45) is 11.3 Å². The van der Waals surface area contributed by atoms with Crippen molar-refractivity contribution in [3.8, 4) is 0 Å². The summed E-state index contributed by atoms with van der Waals surface area (Å²) in [5, 5.41) is 16.4. The number of aromatic nitrogens is 3. The molecule has 1 saturated carbocycles. The van der Waals surface area contributed by atoms with Crippen molar-refractivity contribution >= 4 is 17.6 Å². The van der Waals surface area contributed by atoms with Crippen molar-refractivity contribution in [1.29, 1.82) is 0 Å². The summed E-state index contributed by atoms with van der Waals surface area (Å²) in [7, 11) is 1.36. The molecule has 7 heteroatoms. The van der Waals surface area contributed by atoms with Crippen molar-refractivity contribution in [3.05, 3.63) is 47.5 Å². The second kappa shape index (κ2) is 6.77. The molecule has 0 bridgehead atoms. The standard InChI is InChI=1S/C18H22ClN3O3/c1-17(16(23)25-2)8-7-14(9-13-3-5-15(19)6-4-13)18(17,24)10-22-12-20-11-21-22/h3-6,11-12,14,24H,7-10H2,1-2H3/t14-,17+,18-/m0/s1. The second-order valence-corrected chi connectivity index (χ2v) is 7.34. The van der Waals surface area contributed by atoms with E-state index in [0.29, 0.717) is 17.9 Å². The Bertz CT molecular complexity index is 735. The first-order valence-corrected chi connectivity index (χ1v) is 8.64. The minimum Gasteiger partial charge on any atom is -0.469 e. The fourth-order valence-electron chi connectivity index (χ4n) is 3.91. The normalized spacial score (nSPS) is 28.9. The van der Waals surface area contributed by atoms with Crippen LogP contribution in [-0.4, -0.2) is 38.6 Å². The zero-order valence-corrected chi connectivity index (χ0v) is 15.1. The van der Waals surface area contributed by atoms with E-state index in [1.807, 2.05) is 24.3 Å². The zero-order valence-electron chi connectivity index (χ0n) is 14.4. The number of carbonyl (C=O) groups excluding carboxylic acids is 1. The van der Waals surface area contributed by atoms with Crippen LogP contribution < -0.4 is 0 Å². The molecule has 1 heterocycles. The van der Waals surface area contributed by atoms with Crippen LogP contribution >= 0.6 is 11.6 Å². The topological polar surface area (TPSA) is 77.2 Å². The number of aliphatic hydroxyl groups is 1. The molecule has 1 fully saturated rings. The van der Waals surface area contributed by atoms with Crippen LogP contribution in [0.3, 0.4) is 0 Å². The van der Waals surface area contributed by atoms with Crippen LogP contribution in [0.15, 0.2) is 36.9 Å². The predicted molar refractivity (Wildman–Crippen MR) is 93.0 cm³/mol. The van der Waals surface area contributed by atoms with Gasteiger partial charge < -0.3 is 9.84 Å². The van der Waals surface area contributed by atoms with Crippen LogP contribution in [-0.2, 0) is 22.5 Å². The molecule has 0 aliphatic heterocycles. The molecule has 1 aromatic heterocycles. The third-order valence-electron chi connectivity index (χ3n) is 5.52. The number of halogens is 1. The summed E-state index contributed by atoms with van der Waals surface area (Å²) in [6.45, 7) is 1.97. The highest BCUT2D eigenvalue weighted by Crippen LogP contribution is 2.52. The van der Waals surface area contributed by atoms with E-state index < -0.39 is 17.0 Å². The van der Waals surface area contributed by atoms with E-state index in [2.05, 4.69) is 10.1 Å². The molecule has 0 radical (unpaired) electrons. The molecule has 0 amide bonds. The van der Waals surface area contributed by atoms with Gasteiger partial charge in [-0.3, -0.25) is 9.48 Å². The molecule has 2 aromatic rings. The van der Waals surface area contributed by atoms with Crippen LogP contribution in [0.2, 0.25) is 5.02 Å². The number of methoxy groups -OCH3 is 1. The summed E-state index contributed by atoms with van der Waals surface area (Å²) in [5.41, 5.74) is -1.21. The number of rotatable bonds is 5. The van der Waals surface area contributed by atoms with E-state index >= 15 is 0 Å². The van der Waals surface area contributed by atoms with E-state index in [9.17, 15) is 9.90 Å². The fourth-order valence-corrected chi connectivity index (χ4v) is 4.04. The lowest BCUT2D eigenvalue weighted by atomic mass is 9.71. The Hall–Kier alpha value is -1.92. The summed E-state index contributed by atoms with van der Waals surface area (Å²) >= 11 is 5.96. The molecule has 1 aliphatic rings. The molecule has 1 N–H and O–H groups in total. The van der Waals surface area contributed by atoms with Crippen molar-refractivity contribution in [1.82, 2.24) is 14.8 Å². The van der Waals surface area contributed by atoms with Crippen LogP contribution in [0.5, 0.6) is 0 Å². The summed E-state index contributed by atoms with van der Waals surface area (Å²) < 4.78 is 6.58. The zero-order chi connectivity index (χ0) is 18.1. The smallest absolute Gasteiger partial charge is 0.314 e. The number of hydrogen-bond donors (Lipinski definition) is 1. The minimum atomic E-state index is -1.28. The maximum absolute atomic E-state index is 12.5. The summed E-state index contributed by atoms with van der Waals surface area (Å²) in [4.78, 5) is 16.4. The van der Waals surface area contributed by atoms with Gasteiger partial charge in [0.05, 0.1) is 19.1 Å². The molecule has 3 rings (SSSR count). The number of carbonyl (C=O) groups is 1. The Morgan fingerprint density at radius 3 is 2.76 bits per heavy atom. The van der Waals surface area contributed by atoms with E-state index in [4.69, 9.17) is 16.3 Å². The molecule has 0 saturated heterocycles. The highest BCUT2D eigenvalue weighted by atomic mass is 35.5. The van der Waals surface area contributed by atoms with E-state index in [-0.39, 0.29) is 12.5 Å². The summed E-state index contributed by atoms with van der Waals surface area (Å²) in [6, 6.07) is 7.57. The van der Waals surface area contributed by atoms with Crippen molar-refractivity contribution in [3.63, 3.8) is 0 Å². The average molecular weight is 364 g/mol. The van der Waals surface area contributed by atoms with Gasteiger partial charge in [-0.15, -0.1) is 0 Å². The molecule has 0 spiro atoms. The molecule has 3 atom stereocenters. The number of ether oxygens (including phenoxy) is 1. The largest absolute Gasteiger partial charge is 0.469 e. The fraction of sp³-hybridized carbons (Fsp3) is 0.500. The number of hydrogen-bond acceptors (Lipinski definition) is 5. The third-order valence-corrected chi connectivity index (χ3v) is 5.78. The van der Waals surface area contributed by atoms with Crippen LogP contribution in [0.4, 0.5) is 0 Å². The van der Waals surface area contributed by atoms with Gasteiger partial charge in [-0.2, -0.15) is 5.10 Å². The van der Waals surface area contributed by atoms with Gasteiger partial charge in [-0.1, -0.05) is 23.7 Å². The van der Waals surface area contributed by atoms with E-state index in [1.165, 1.54) is 13.4 Å².